The standard InChI is InChI=1S/C21H24N2O5S/c1-5-28-18-9-7-6-8-16(18)13-22(4)20(24)15-10-11-17-19(12-15)29(26,27)23(14(2)3)21(17)25/h6-12,14H,5,13H2,1-4H3. The van der Waals surface area contributed by atoms with Crippen LogP contribution in [0.5, 0.6) is 5.75 Å². The molecule has 8 heteroatoms. The number of hydrogen-bond donors (Lipinski definition) is 0. The lowest BCUT2D eigenvalue weighted by molar-refractivity contribution is 0.0781. The molecule has 0 N–H and O–H groups in total. The molecule has 1 heterocycles. The van der Waals surface area contributed by atoms with E-state index in [1.807, 2.05) is 31.2 Å². The fraction of sp³-hybridized carbons (Fsp3) is 0.333. The molecule has 3 rings (SSSR count). The maximum absolute atomic E-state index is 12.9. The van der Waals surface area contributed by atoms with Gasteiger partial charge in [0.15, 0.2) is 0 Å². The number of amides is 2. The van der Waals surface area contributed by atoms with Gasteiger partial charge in [-0.3, -0.25) is 9.59 Å². The maximum atomic E-state index is 12.9. The summed E-state index contributed by atoms with van der Waals surface area (Å²) in [5.41, 5.74) is 1.15. The summed E-state index contributed by atoms with van der Waals surface area (Å²) in [6.07, 6.45) is 0. The van der Waals surface area contributed by atoms with E-state index in [0.717, 1.165) is 9.87 Å². The van der Waals surface area contributed by atoms with Crippen molar-refractivity contribution in [2.45, 2.75) is 38.3 Å². The van der Waals surface area contributed by atoms with Crippen LogP contribution in [0.1, 0.15) is 47.1 Å². The van der Waals surface area contributed by atoms with Crippen LogP contribution in [0.4, 0.5) is 0 Å². The highest BCUT2D eigenvalue weighted by atomic mass is 32.2. The van der Waals surface area contributed by atoms with Crippen LogP contribution in [-0.4, -0.2) is 49.1 Å². The van der Waals surface area contributed by atoms with Crippen LogP contribution in [0.2, 0.25) is 0 Å². The molecule has 0 saturated heterocycles. The van der Waals surface area contributed by atoms with Gasteiger partial charge in [0.1, 0.15) is 10.6 Å². The molecule has 0 aromatic heterocycles. The second kappa shape index (κ2) is 7.87. The summed E-state index contributed by atoms with van der Waals surface area (Å²) in [6, 6.07) is 11.1. The van der Waals surface area contributed by atoms with Gasteiger partial charge in [0.2, 0.25) is 0 Å². The van der Waals surface area contributed by atoms with E-state index in [2.05, 4.69) is 0 Å². The number of nitrogens with zero attached hydrogens (tertiary/aromatic N) is 2. The average molecular weight is 416 g/mol. The summed E-state index contributed by atoms with van der Waals surface area (Å²) in [5.74, 6) is -0.206. The molecule has 0 saturated carbocycles. The van der Waals surface area contributed by atoms with Gasteiger partial charge in [-0.1, -0.05) is 18.2 Å². The zero-order valence-electron chi connectivity index (χ0n) is 16.9. The van der Waals surface area contributed by atoms with Crippen molar-refractivity contribution in [3.63, 3.8) is 0 Å². The molecule has 0 unspecified atom stereocenters. The second-order valence-corrected chi connectivity index (χ2v) is 8.90. The minimum Gasteiger partial charge on any atom is -0.494 e. The van der Waals surface area contributed by atoms with Crippen LogP contribution in [0, 0.1) is 0 Å². The van der Waals surface area contributed by atoms with Crippen molar-refractivity contribution in [2.24, 2.45) is 0 Å². The number of sulfonamides is 1. The number of fused-ring (bicyclic) bond motifs is 1. The number of carbonyl (C=O) groups is 2. The third-order valence-electron chi connectivity index (χ3n) is 4.69. The minimum absolute atomic E-state index is 0.0968. The highest BCUT2D eigenvalue weighted by Crippen LogP contribution is 2.33. The Balaban J connectivity index is 1.89. The van der Waals surface area contributed by atoms with E-state index in [9.17, 15) is 18.0 Å². The topological polar surface area (TPSA) is 84.0 Å². The number of rotatable bonds is 6. The second-order valence-electron chi connectivity index (χ2n) is 7.11. The van der Waals surface area contributed by atoms with E-state index in [-0.39, 0.29) is 21.9 Å². The van der Waals surface area contributed by atoms with Crippen LogP contribution in [-0.2, 0) is 16.6 Å². The molecule has 0 spiro atoms. The Morgan fingerprint density at radius 3 is 2.52 bits per heavy atom. The van der Waals surface area contributed by atoms with E-state index < -0.39 is 22.0 Å². The molecule has 1 aliphatic rings. The molecule has 2 aromatic carbocycles. The highest BCUT2D eigenvalue weighted by molar-refractivity contribution is 7.90. The molecule has 0 fully saturated rings. The Morgan fingerprint density at radius 1 is 1.17 bits per heavy atom. The fourth-order valence-corrected chi connectivity index (χ4v) is 5.16. The molecule has 7 nitrogen and oxygen atoms in total. The summed E-state index contributed by atoms with van der Waals surface area (Å²) in [4.78, 5) is 26.7. The largest absolute Gasteiger partial charge is 0.494 e. The molecule has 0 atom stereocenters. The van der Waals surface area contributed by atoms with Crippen LogP contribution in [0.25, 0.3) is 0 Å². The van der Waals surface area contributed by atoms with Gasteiger partial charge >= 0.3 is 0 Å². The Bertz CT molecular complexity index is 1060. The summed E-state index contributed by atoms with van der Waals surface area (Å²) >= 11 is 0. The third kappa shape index (κ3) is 3.72. The smallest absolute Gasteiger partial charge is 0.269 e. The number of ether oxygens (including phenoxy) is 1. The Labute approximate surface area is 170 Å². The van der Waals surface area contributed by atoms with E-state index in [4.69, 9.17) is 4.74 Å². The van der Waals surface area contributed by atoms with Crippen molar-refractivity contribution in [1.29, 1.82) is 0 Å². The monoisotopic (exact) mass is 416 g/mol. The van der Waals surface area contributed by atoms with Gasteiger partial charge in [0, 0.05) is 30.8 Å². The van der Waals surface area contributed by atoms with Crippen molar-refractivity contribution < 1.29 is 22.7 Å². The first-order valence-corrected chi connectivity index (χ1v) is 10.8. The lowest BCUT2D eigenvalue weighted by atomic mass is 10.1. The van der Waals surface area contributed by atoms with Crippen LogP contribution in [0.15, 0.2) is 47.4 Å². The first kappa shape index (κ1) is 20.9. The van der Waals surface area contributed by atoms with Gasteiger partial charge in [-0.15, -0.1) is 0 Å². The van der Waals surface area contributed by atoms with Gasteiger partial charge in [-0.2, -0.15) is 0 Å². The van der Waals surface area contributed by atoms with Crippen molar-refractivity contribution >= 4 is 21.8 Å². The average Bonchev–Trinajstić information content (AvgIpc) is 2.88. The molecule has 0 radical (unpaired) electrons. The Kier molecular flexibility index (Phi) is 5.66. The van der Waals surface area contributed by atoms with E-state index in [1.54, 1.807) is 20.9 Å². The normalized spacial score (nSPS) is 14.8. The molecule has 0 aliphatic carbocycles. The fourth-order valence-electron chi connectivity index (χ4n) is 3.37. The van der Waals surface area contributed by atoms with Crippen molar-refractivity contribution in [2.75, 3.05) is 13.7 Å². The van der Waals surface area contributed by atoms with Gasteiger partial charge < -0.3 is 9.64 Å². The first-order chi connectivity index (χ1) is 13.7. The van der Waals surface area contributed by atoms with Crippen molar-refractivity contribution in [3.05, 3.63) is 59.2 Å². The molecule has 2 aromatic rings. The first-order valence-electron chi connectivity index (χ1n) is 9.37. The molecule has 2 amide bonds. The quantitative estimate of drug-likeness (QED) is 0.723. The lowest BCUT2D eigenvalue weighted by Crippen LogP contribution is -2.36. The van der Waals surface area contributed by atoms with E-state index >= 15 is 0 Å². The van der Waals surface area contributed by atoms with Gasteiger partial charge in [0.05, 0.1) is 12.2 Å². The third-order valence-corrected chi connectivity index (χ3v) is 6.69. The lowest BCUT2D eigenvalue weighted by Gasteiger charge is -2.20. The zero-order valence-corrected chi connectivity index (χ0v) is 17.7. The Hall–Kier alpha value is -2.87. The van der Waals surface area contributed by atoms with Gasteiger partial charge in [0.25, 0.3) is 21.8 Å². The highest BCUT2D eigenvalue weighted by Gasteiger charge is 2.43. The number of carbonyl (C=O) groups excluding carboxylic acids is 2. The van der Waals surface area contributed by atoms with Crippen LogP contribution in [0.3, 0.4) is 0 Å². The zero-order chi connectivity index (χ0) is 21.3. The number of hydrogen-bond acceptors (Lipinski definition) is 5. The van der Waals surface area contributed by atoms with Crippen LogP contribution < -0.4 is 4.74 Å². The molecular weight excluding hydrogens is 392 g/mol. The van der Waals surface area contributed by atoms with Crippen LogP contribution >= 0.6 is 0 Å². The van der Waals surface area contributed by atoms with E-state index in [1.165, 1.54) is 23.1 Å². The van der Waals surface area contributed by atoms with Crippen molar-refractivity contribution in [1.82, 2.24) is 9.21 Å². The van der Waals surface area contributed by atoms with Gasteiger partial charge in [-0.25, -0.2) is 12.7 Å². The molecular formula is C21H24N2O5S. The minimum atomic E-state index is -3.96. The van der Waals surface area contributed by atoms with E-state index in [0.29, 0.717) is 18.9 Å². The number of benzene rings is 2. The Morgan fingerprint density at radius 2 is 1.86 bits per heavy atom. The number of para-hydroxylation sites is 1. The maximum Gasteiger partial charge on any atom is 0.269 e. The summed E-state index contributed by atoms with van der Waals surface area (Å²) in [5, 5.41) is 0. The molecule has 29 heavy (non-hydrogen) atoms. The molecule has 154 valence electrons. The summed E-state index contributed by atoms with van der Waals surface area (Å²) in [6.45, 7) is 5.97. The SMILES string of the molecule is CCOc1ccccc1CN(C)C(=O)c1ccc2c(c1)S(=O)(=O)N(C(C)C)C2=O. The summed E-state index contributed by atoms with van der Waals surface area (Å²) in [7, 11) is -2.32. The summed E-state index contributed by atoms with van der Waals surface area (Å²) < 4.78 is 32.0. The predicted molar refractivity (Wildman–Crippen MR) is 108 cm³/mol. The predicted octanol–water partition coefficient (Wildman–Crippen LogP) is 2.91. The van der Waals surface area contributed by atoms with Crippen molar-refractivity contribution in [3.8, 4) is 5.75 Å². The van der Waals surface area contributed by atoms with Gasteiger partial charge in [-0.05, 0) is 45.0 Å². The molecule has 1 aliphatic heterocycles. The molecule has 0 bridgehead atoms.